The zero-order chi connectivity index (χ0) is 59.1. The number of benzene rings is 2. The van der Waals surface area contributed by atoms with Gasteiger partial charge in [-0.25, -0.2) is 0 Å². The van der Waals surface area contributed by atoms with Gasteiger partial charge >= 0.3 is 0 Å². The molecule has 29 nitrogen and oxygen atoms in total. The number of nitrogens with one attached hydrogen (secondary N) is 8. The van der Waals surface area contributed by atoms with Crippen molar-refractivity contribution in [3.63, 3.8) is 0 Å². The quantitative estimate of drug-likeness (QED) is 0.0240. The highest BCUT2D eigenvalue weighted by Gasteiger charge is 2.41. The largest absolute Gasteiger partial charge is 0.508 e. The molecule has 1 unspecified atom stereocenters. The number of hydrogen-bond donors (Lipinski definition) is 15. The zero-order valence-corrected chi connectivity index (χ0v) is 45.4. The number of carbonyl (C=O) groups excluding carboxylic acids is 12. The fourth-order valence-electron chi connectivity index (χ4n) is 8.20. The van der Waals surface area contributed by atoms with E-state index in [9.17, 15) is 62.6 Å². The standard InChI is InChI=1S/C49H70N16O13S2/c1-25(50)40(70)63-34-23-79-80-24-35(48(78)65-18-6-10-36(65)47(77)59-29(9-5-17-56-49(54)55)41(71)57-22-39(53)69)64-45(75)33(21-38(52)68)62-42(72)30(15-16-37(51)67)58-43(73)31(19-26-7-3-2-4-8-26)60-44(74)32(61-46(34)76)20-27-11-13-28(66)14-12-27/h2-4,7-8,11-14,25,29-36,66H,5-6,9-10,15-24,50H2,1H3,(H2,51,67)(H2,52,68)(H2,53,69)(H,57,71)(H,58,73)(H,59,77)(H,60,74)(H,61,76)(H,62,72)(H,63,70)(H,64,75)(H4,54,55,56)/t25-,29-,30-,31-,32-,33-,34-,35-,36?/m0/s1. The van der Waals surface area contributed by atoms with Crippen LogP contribution in [-0.4, -0.2) is 172 Å². The monoisotopic (exact) mass is 1150 g/mol. The van der Waals surface area contributed by atoms with Crippen LogP contribution in [0, 0.1) is 0 Å². The van der Waals surface area contributed by atoms with Gasteiger partial charge in [0.15, 0.2) is 5.96 Å². The summed E-state index contributed by atoms with van der Waals surface area (Å²) in [4.78, 5) is 168. The highest BCUT2D eigenvalue weighted by atomic mass is 33.1. The molecular formula is C49H70N16O13S2. The molecule has 0 bridgehead atoms. The van der Waals surface area contributed by atoms with Gasteiger partial charge in [0, 0.05) is 43.9 Å². The average molecular weight is 1160 g/mol. The Hall–Kier alpha value is -8.19. The summed E-state index contributed by atoms with van der Waals surface area (Å²) in [6.07, 6.45) is -1.72. The Labute approximate surface area is 467 Å². The topological polar surface area (TPSA) is 493 Å². The first kappa shape index (κ1) is 64.3. The predicted octanol–water partition coefficient (Wildman–Crippen LogP) is -5.90. The van der Waals surface area contributed by atoms with Crippen LogP contribution in [0.3, 0.4) is 0 Å². The molecule has 0 spiro atoms. The lowest BCUT2D eigenvalue weighted by Gasteiger charge is -2.31. The molecule has 2 fully saturated rings. The average Bonchev–Trinajstić information content (AvgIpc) is 3.90. The molecule has 9 atom stereocenters. The number of guanidine groups is 1. The third kappa shape index (κ3) is 21.6. The molecule has 80 heavy (non-hydrogen) atoms. The molecule has 436 valence electrons. The number of likely N-dealkylation sites (tertiary alicyclic amines) is 1. The molecule has 2 aromatic carbocycles. The summed E-state index contributed by atoms with van der Waals surface area (Å²) >= 11 is 0. The van der Waals surface area contributed by atoms with Gasteiger partial charge in [0.1, 0.15) is 54.1 Å². The number of aliphatic imine (C=N–C) groups is 1. The van der Waals surface area contributed by atoms with E-state index in [-0.39, 0.29) is 74.8 Å². The lowest BCUT2D eigenvalue weighted by atomic mass is 10.0. The molecule has 2 aliphatic rings. The van der Waals surface area contributed by atoms with E-state index in [4.69, 9.17) is 34.4 Å². The number of hydrogen-bond acceptors (Lipinski definition) is 17. The van der Waals surface area contributed by atoms with Crippen molar-refractivity contribution in [1.82, 2.24) is 47.4 Å². The Morgan fingerprint density at radius 3 is 1.89 bits per heavy atom. The van der Waals surface area contributed by atoms with E-state index in [0.29, 0.717) is 11.1 Å². The van der Waals surface area contributed by atoms with Crippen molar-refractivity contribution >= 4 is 98.4 Å². The van der Waals surface area contributed by atoms with Gasteiger partial charge in [-0.1, -0.05) is 64.1 Å². The normalized spacial score (nSPS) is 22.2. The minimum Gasteiger partial charge on any atom is -0.508 e. The Kier molecular flexibility index (Phi) is 25.8. The van der Waals surface area contributed by atoms with Crippen LogP contribution in [0.2, 0.25) is 0 Å². The van der Waals surface area contributed by atoms with Crippen LogP contribution in [0.4, 0.5) is 0 Å². The van der Waals surface area contributed by atoms with Crippen LogP contribution in [0.15, 0.2) is 59.6 Å². The molecular weight excluding hydrogens is 1080 g/mol. The molecule has 0 radical (unpaired) electrons. The van der Waals surface area contributed by atoms with Crippen molar-refractivity contribution in [2.24, 2.45) is 39.4 Å². The maximum atomic E-state index is 14.8. The number of phenols is 1. The summed E-state index contributed by atoms with van der Waals surface area (Å²) in [6.45, 7) is 0.844. The third-order valence-corrected chi connectivity index (χ3v) is 14.8. The first-order valence-electron chi connectivity index (χ1n) is 25.3. The van der Waals surface area contributed by atoms with Crippen molar-refractivity contribution in [2.45, 2.75) is 119 Å². The zero-order valence-electron chi connectivity index (χ0n) is 43.8. The van der Waals surface area contributed by atoms with E-state index in [1.165, 1.54) is 31.2 Å². The molecule has 0 aliphatic carbocycles. The van der Waals surface area contributed by atoms with E-state index in [1.54, 1.807) is 30.3 Å². The maximum absolute atomic E-state index is 14.8. The Balaban J connectivity index is 1.79. The second-order valence-electron chi connectivity index (χ2n) is 18.8. The number of rotatable bonds is 21. The van der Waals surface area contributed by atoms with Crippen molar-refractivity contribution in [3.8, 4) is 5.75 Å². The van der Waals surface area contributed by atoms with Crippen LogP contribution in [0.25, 0.3) is 0 Å². The first-order chi connectivity index (χ1) is 37.9. The van der Waals surface area contributed by atoms with Gasteiger partial charge in [0.2, 0.25) is 70.9 Å². The molecule has 0 aromatic heterocycles. The predicted molar refractivity (Wildman–Crippen MR) is 293 cm³/mol. The summed E-state index contributed by atoms with van der Waals surface area (Å²) in [7, 11) is 1.85. The fourth-order valence-corrected chi connectivity index (χ4v) is 10.5. The van der Waals surface area contributed by atoms with E-state index < -0.39 is 151 Å². The Morgan fingerprint density at radius 1 is 0.713 bits per heavy atom. The van der Waals surface area contributed by atoms with Crippen LogP contribution in [-0.2, 0) is 70.4 Å². The van der Waals surface area contributed by atoms with Gasteiger partial charge in [-0.15, -0.1) is 0 Å². The number of aromatic hydroxyl groups is 1. The maximum Gasteiger partial charge on any atom is 0.246 e. The van der Waals surface area contributed by atoms with Crippen molar-refractivity contribution in [3.05, 3.63) is 65.7 Å². The second kappa shape index (κ2) is 32.0. The van der Waals surface area contributed by atoms with Crippen molar-refractivity contribution < 1.29 is 62.6 Å². The summed E-state index contributed by atoms with van der Waals surface area (Å²) in [5.41, 5.74) is 33.9. The molecule has 0 saturated carbocycles. The van der Waals surface area contributed by atoms with E-state index in [2.05, 4.69) is 47.5 Å². The number of phenolic OH excluding ortho intramolecular Hbond substituents is 1. The highest BCUT2D eigenvalue weighted by Crippen LogP contribution is 2.26. The highest BCUT2D eigenvalue weighted by molar-refractivity contribution is 8.76. The molecule has 12 amide bonds. The molecule has 2 aromatic rings. The SMILES string of the molecule is C[C@H](N)C(=O)N[C@H]1CSSC[C@@H](C(=O)N2CCCC2C(=O)N[C@@H](CCCN=C(N)N)C(=O)NCC(N)=O)NC(=O)[C@H](CC(N)=O)NC(=O)[C@H](CCC(N)=O)NC(=O)[C@H](Cc2ccccc2)NC(=O)[C@H](Cc2ccc(O)cc2)NC1=O. The van der Waals surface area contributed by atoms with E-state index in [1.807, 2.05) is 0 Å². The summed E-state index contributed by atoms with van der Waals surface area (Å²) < 4.78 is 0. The lowest BCUT2D eigenvalue weighted by molar-refractivity contribution is -0.142. The van der Waals surface area contributed by atoms with Crippen LogP contribution in [0.1, 0.15) is 63.0 Å². The van der Waals surface area contributed by atoms with Gasteiger partial charge < -0.3 is 86.9 Å². The number of nitrogens with zero attached hydrogens (tertiary/aromatic N) is 2. The fraction of sp³-hybridized carbons (Fsp3) is 0.490. The number of amides is 12. The number of nitrogens with two attached hydrogens (primary N) is 6. The van der Waals surface area contributed by atoms with E-state index >= 15 is 0 Å². The minimum atomic E-state index is -1.84. The summed E-state index contributed by atoms with van der Waals surface area (Å²) in [5.74, 6) is -12.0. The molecule has 2 aliphatic heterocycles. The Bertz CT molecular complexity index is 2590. The first-order valence-corrected chi connectivity index (χ1v) is 27.8. The third-order valence-electron chi connectivity index (χ3n) is 12.3. The van der Waals surface area contributed by atoms with Crippen LogP contribution < -0.4 is 76.9 Å². The van der Waals surface area contributed by atoms with Crippen molar-refractivity contribution in [1.29, 1.82) is 0 Å². The van der Waals surface area contributed by atoms with Gasteiger partial charge in [0.25, 0.3) is 0 Å². The Morgan fingerprint density at radius 2 is 1.29 bits per heavy atom. The van der Waals surface area contributed by atoms with E-state index in [0.717, 1.165) is 26.5 Å². The van der Waals surface area contributed by atoms with Crippen LogP contribution in [0.5, 0.6) is 5.75 Å². The molecule has 21 N–H and O–H groups in total. The molecule has 4 rings (SSSR count). The van der Waals surface area contributed by atoms with Gasteiger partial charge in [-0.3, -0.25) is 62.5 Å². The smallest absolute Gasteiger partial charge is 0.246 e. The second-order valence-corrected chi connectivity index (χ2v) is 21.4. The molecule has 2 saturated heterocycles. The number of primary amides is 3. The summed E-state index contributed by atoms with van der Waals surface area (Å²) in [5, 5.41) is 30.3. The molecule has 2 heterocycles. The lowest BCUT2D eigenvalue weighted by Crippen LogP contribution is -2.61. The summed E-state index contributed by atoms with van der Waals surface area (Å²) in [6, 6.07) is 0.888. The molecule has 31 heteroatoms. The van der Waals surface area contributed by atoms with Gasteiger partial charge in [-0.05, 0) is 62.3 Å². The number of carbonyl (C=O) groups is 12. The van der Waals surface area contributed by atoms with Crippen LogP contribution >= 0.6 is 21.6 Å². The van der Waals surface area contributed by atoms with Crippen molar-refractivity contribution in [2.75, 3.05) is 31.1 Å². The van der Waals surface area contributed by atoms with Gasteiger partial charge in [-0.2, -0.15) is 0 Å². The van der Waals surface area contributed by atoms with Gasteiger partial charge in [0.05, 0.1) is 19.0 Å². The minimum absolute atomic E-state index is 0.0232.